The van der Waals surface area contributed by atoms with Crippen LogP contribution in [0.4, 0.5) is 11.6 Å². The molecule has 1 amide bonds. The molecule has 1 aliphatic rings. The molecule has 1 aromatic heterocycles. The summed E-state index contributed by atoms with van der Waals surface area (Å²) in [6.45, 7) is 8.32. The summed E-state index contributed by atoms with van der Waals surface area (Å²) >= 11 is 0. The van der Waals surface area contributed by atoms with E-state index in [1.54, 1.807) is 0 Å². The van der Waals surface area contributed by atoms with Gasteiger partial charge < -0.3 is 15.5 Å². The lowest BCUT2D eigenvalue weighted by molar-refractivity contribution is -0.126. The molecule has 2 heterocycles. The zero-order valence-electron chi connectivity index (χ0n) is 11.9. The number of amides is 1. The summed E-state index contributed by atoms with van der Waals surface area (Å²) in [5.74, 6) is 1.76. The first-order valence-corrected chi connectivity index (χ1v) is 6.82. The number of anilines is 2. The third-order valence-corrected chi connectivity index (χ3v) is 3.42. The molecule has 0 unspecified atom stereocenters. The van der Waals surface area contributed by atoms with Crippen LogP contribution in [-0.4, -0.2) is 36.1 Å². The van der Waals surface area contributed by atoms with Gasteiger partial charge in [0, 0.05) is 19.6 Å². The number of rotatable bonds is 4. The van der Waals surface area contributed by atoms with E-state index >= 15 is 0 Å². The van der Waals surface area contributed by atoms with Crippen LogP contribution in [0.1, 0.15) is 27.2 Å². The van der Waals surface area contributed by atoms with Gasteiger partial charge in [-0.05, 0) is 32.4 Å². The van der Waals surface area contributed by atoms with Crippen molar-refractivity contribution in [2.45, 2.75) is 32.7 Å². The predicted octanol–water partition coefficient (Wildman–Crippen LogP) is 1.62. The maximum Gasteiger partial charge on any atom is 0.245 e. The largest absolute Gasteiger partial charge is 0.370 e. The Bertz CT molecular complexity index is 459. The predicted molar refractivity (Wildman–Crippen MR) is 77.5 cm³/mol. The van der Waals surface area contributed by atoms with Crippen molar-refractivity contribution in [1.29, 1.82) is 0 Å². The van der Waals surface area contributed by atoms with Gasteiger partial charge in [0.15, 0.2) is 0 Å². The molecule has 2 rings (SSSR count). The summed E-state index contributed by atoms with van der Waals surface area (Å²) in [6.07, 6.45) is 1.06. The van der Waals surface area contributed by atoms with Crippen LogP contribution in [0.3, 0.4) is 0 Å². The fraction of sp³-hybridized carbons (Fsp3) is 0.571. The third-order valence-electron chi connectivity index (χ3n) is 3.42. The van der Waals surface area contributed by atoms with E-state index < -0.39 is 5.54 Å². The maximum atomic E-state index is 12.0. The van der Waals surface area contributed by atoms with Crippen molar-refractivity contribution >= 4 is 17.5 Å². The number of pyridine rings is 1. The Kier molecular flexibility index (Phi) is 3.93. The minimum absolute atomic E-state index is 0.0486. The molecule has 0 bridgehead atoms. The third kappa shape index (κ3) is 2.80. The second kappa shape index (κ2) is 5.47. The first-order valence-electron chi connectivity index (χ1n) is 6.82. The summed E-state index contributed by atoms with van der Waals surface area (Å²) in [5, 5.41) is 6.17. The summed E-state index contributed by atoms with van der Waals surface area (Å²) in [4.78, 5) is 18.6. The van der Waals surface area contributed by atoms with Crippen LogP contribution in [0, 0.1) is 0 Å². The second-order valence-electron chi connectivity index (χ2n) is 5.27. The molecule has 2 N–H and O–H groups in total. The molecule has 0 atom stereocenters. The maximum absolute atomic E-state index is 12.0. The Balaban J connectivity index is 2.23. The van der Waals surface area contributed by atoms with Crippen LogP contribution < -0.4 is 15.5 Å². The molecule has 0 aromatic carbocycles. The van der Waals surface area contributed by atoms with Gasteiger partial charge >= 0.3 is 0 Å². The van der Waals surface area contributed by atoms with E-state index in [9.17, 15) is 4.79 Å². The van der Waals surface area contributed by atoms with Crippen LogP contribution in [0.5, 0.6) is 0 Å². The van der Waals surface area contributed by atoms with Gasteiger partial charge in [0.25, 0.3) is 0 Å². The van der Waals surface area contributed by atoms with Gasteiger partial charge in [-0.15, -0.1) is 0 Å². The van der Waals surface area contributed by atoms with E-state index in [-0.39, 0.29) is 5.91 Å². The van der Waals surface area contributed by atoms with Crippen molar-refractivity contribution in [1.82, 2.24) is 10.3 Å². The van der Waals surface area contributed by atoms with E-state index in [1.165, 1.54) is 0 Å². The molecule has 104 valence electrons. The molecule has 5 nitrogen and oxygen atoms in total. The second-order valence-corrected chi connectivity index (χ2v) is 5.27. The number of nitrogens with one attached hydrogen (secondary N) is 2. The Morgan fingerprint density at radius 2 is 2.26 bits per heavy atom. The van der Waals surface area contributed by atoms with Gasteiger partial charge in [-0.3, -0.25) is 4.79 Å². The van der Waals surface area contributed by atoms with Crippen molar-refractivity contribution in [3.8, 4) is 0 Å². The molecule has 5 heteroatoms. The number of piperazine rings is 1. The molecule has 1 saturated heterocycles. The van der Waals surface area contributed by atoms with Crippen LogP contribution in [0.2, 0.25) is 0 Å². The van der Waals surface area contributed by atoms with E-state index in [0.717, 1.165) is 31.1 Å². The van der Waals surface area contributed by atoms with E-state index in [1.807, 2.05) is 32.0 Å². The van der Waals surface area contributed by atoms with Crippen molar-refractivity contribution in [2.24, 2.45) is 0 Å². The van der Waals surface area contributed by atoms with E-state index in [2.05, 4.69) is 27.4 Å². The molecule has 1 fully saturated rings. The van der Waals surface area contributed by atoms with Gasteiger partial charge in [-0.1, -0.05) is 13.0 Å². The quantitative estimate of drug-likeness (QED) is 0.865. The Morgan fingerprint density at radius 1 is 1.47 bits per heavy atom. The monoisotopic (exact) mass is 262 g/mol. The number of nitrogens with zero attached hydrogens (tertiary/aromatic N) is 2. The molecule has 0 saturated carbocycles. The lowest BCUT2D eigenvalue weighted by atomic mass is 9.99. The van der Waals surface area contributed by atoms with E-state index in [4.69, 9.17) is 0 Å². The fourth-order valence-corrected chi connectivity index (χ4v) is 2.23. The highest BCUT2D eigenvalue weighted by molar-refractivity contribution is 5.90. The highest BCUT2D eigenvalue weighted by atomic mass is 16.2. The lowest BCUT2D eigenvalue weighted by Gasteiger charge is -2.42. The minimum atomic E-state index is -0.561. The highest BCUT2D eigenvalue weighted by Crippen LogP contribution is 2.25. The number of aromatic nitrogens is 1. The van der Waals surface area contributed by atoms with Crippen LogP contribution in [0.15, 0.2) is 18.2 Å². The number of hydrogen-bond acceptors (Lipinski definition) is 4. The summed E-state index contributed by atoms with van der Waals surface area (Å²) < 4.78 is 0. The zero-order chi connectivity index (χ0) is 13.9. The SMILES string of the molecule is CCCNc1cccc(N2CCNC(=O)C2(C)C)n1. The van der Waals surface area contributed by atoms with Gasteiger partial charge in [0.2, 0.25) is 5.91 Å². The van der Waals surface area contributed by atoms with Gasteiger partial charge in [-0.25, -0.2) is 4.98 Å². The Hall–Kier alpha value is -1.78. The van der Waals surface area contributed by atoms with Crippen molar-refractivity contribution < 1.29 is 4.79 Å². The number of carbonyl (C=O) groups excluding carboxylic acids is 1. The van der Waals surface area contributed by atoms with Crippen LogP contribution in [-0.2, 0) is 4.79 Å². The van der Waals surface area contributed by atoms with Crippen molar-refractivity contribution in [3.05, 3.63) is 18.2 Å². The number of hydrogen-bond donors (Lipinski definition) is 2. The average Bonchev–Trinajstić information content (AvgIpc) is 2.40. The van der Waals surface area contributed by atoms with Crippen LogP contribution in [0.25, 0.3) is 0 Å². The lowest BCUT2D eigenvalue weighted by Crippen LogP contribution is -2.62. The standard InChI is InChI=1S/C14H22N4O/c1-4-8-15-11-6-5-7-12(17-11)18-10-9-16-13(19)14(18,2)3/h5-7H,4,8-10H2,1-3H3,(H,15,17)(H,16,19). The molecule has 1 aromatic rings. The smallest absolute Gasteiger partial charge is 0.245 e. The van der Waals surface area contributed by atoms with Crippen molar-refractivity contribution in [2.75, 3.05) is 29.9 Å². The molecule has 0 spiro atoms. The van der Waals surface area contributed by atoms with Crippen LogP contribution >= 0.6 is 0 Å². The molecular formula is C14H22N4O. The molecular weight excluding hydrogens is 240 g/mol. The summed E-state index contributed by atoms with van der Waals surface area (Å²) in [7, 11) is 0. The molecule has 0 aliphatic carbocycles. The fourth-order valence-electron chi connectivity index (χ4n) is 2.23. The van der Waals surface area contributed by atoms with E-state index in [0.29, 0.717) is 6.54 Å². The van der Waals surface area contributed by atoms with Gasteiger partial charge in [0.05, 0.1) is 0 Å². The topological polar surface area (TPSA) is 57.3 Å². The Labute approximate surface area is 114 Å². The van der Waals surface area contributed by atoms with Crippen molar-refractivity contribution in [3.63, 3.8) is 0 Å². The first kappa shape index (κ1) is 13.6. The molecule has 1 aliphatic heterocycles. The highest BCUT2D eigenvalue weighted by Gasteiger charge is 2.38. The Morgan fingerprint density at radius 3 is 3.00 bits per heavy atom. The summed E-state index contributed by atoms with van der Waals surface area (Å²) in [5.41, 5.74) is -0.561. The summed E-state index contributed by atoms with van der Waals surface area (Å²) in [6, 6.07) is 5.89. The van der Waals surface area contributed by atoms with Gasteiger partial charge in [0.1, 0.15) is 17.2 Å². The zero-order valence-corrected chi connectivity index (χ0v) is 11.9. The molecule has 19 heavy (non-hydrogen) atoms. The normalized spacial score (nSPS) is 18.1. The van der Waals surface area contributed by atoms with Gasteiger partial charge in [-0.2, -0.15) is 0 Å². The average molecular weight is 262 g/mol. The minimum Gasteiger partial charge on any atom is -0.370 e. The first-order chi connectivity index (χ1) is 9.05. The molecule has 0 radical (unpaired) electrons. The number of carbonyl (C=O) groups is 1.